The van der Waals surface area contributed by atoms with Crippen molar-refractivity contribution in [2.75, 3.05) is 13.7 Å². The maximum absolute atomic E-state index is 11.1. The Morgan fingerprint density at radius 2 is 2.45 bits per heavy atom. The highest BCUT2D eigenvalue weighted by Gasteiger charge is 2.24. The second-order valence-electron chi connectivity index (χ2n) is 2.81. The van der Waals surface area contributed by atoms with Crippen LogP contribution in [-0.2, 0) is 9.53 Å². The van der Waals surface area contributed by atoms with Crippen LogP contribution in [0.4, 0.5) is 0 Å². The minimum Gasteiger partial charge on any atom is -0.359 e. The van der Waals surface area contributed by atoms with E-state index < -0.39 is 0 Å². The molecule has 1 rings (SSSR count). The van der Waals surface area contributed by atoms with Gasteiger partial charge in [-0.2, -0.15) is 0 Å². The van der Waals surface area contributed by atoms with Gasteiger partial charge in [-0.05, 0) is 19.8 Å². The van der Waals surface area contributed by atoms with Gasteiger partial charge >= 0.3 is 0 Å². The molecule has 0 N–H and O–H groups in total. The fraction of sp³-hybridized carbons (Fsp3) is 0.875. The van der Waals surface area contributed by atoms with Gasteiger partial charge in [-0.15, -0.1) is 0 Å². The van der Waals surface area contributed by atoms with Gasteiger partial charge in [-0.1, -0.05) is 0 Å². The summed E-state index contributed by atoms with van der Waals surface area (Å²) in [6, 6.07) is 0. The summed E-state index contributed by atoms with van der Waals surface area (Å²) in [6.45, 7) is 2.63. The Morgan fingerprint density at radius 3 is 3.09 bits per heavy atom. The monoisotopic (exact) mass is 157 g/mol. The van der Waals surface area contributed by atoms with Crippen LogP contribution in [0.5, 0.6) is 0 Å². The molecule has 0 spiro atoms. The molecule has 1 aliphatic heterocycles. The first-order chi connectivity index (χ1) is 5.25. The lowest BCUT2D eigenvalue weighted by Gasteiger charge is -2.31. The van der Waals surface area contributed by atoms with E-state index in [0.717, 1.165) is 12.8 Å². The highest BCUT2D eigenvalue weighted by Crippen LogP contribution is 2.16. The van der Waals surface area contributed by atoms with E-state index in [2.05, 4.69) is 0 Å². The van der Waals surface area contributed by atoms with E-state index in [1.54, 1.807) is 4.90 Å². The number of hydrogen-bond acceptors (Lipinski definition) is 2. The van der Waals surface area contributed by atoms with Crippen LogP contribution in [0.25, 0.3) is 0 Å². The molecular formula is C8H15NO2. The van der Waals surface area contributed by atoms with Crippen molar-refractivity contribution in [2.45, 2.75) is 32.4 Å². The van der Waals surface area contributed by atoms with Gasteiger partial charge < -0.3 is 9.64 Å². The van der Waals surface area contributed by atoms with E-state index in [1.165, 1.54) is 0 Å². The predicted molar refractivity (Wildman–Crippen MR) is 42.0 cm³/mol. The van der Waals surface area contributed by atoms with Crippen molar-refractivity contribution in [2.24, 2.45) is 0 Å². The van der Waals surface area contributed by atoms with Crippen molar-refractivity contribution in [1.82, 2.24) is 4.90 Å². The smallest absolute Gasteiger partial charge is 0.224 e. The number of rotatable bonds is 2. The molecule has 11 heavy (non-hydrogen) atoms. The quantitative estimate of drug-likeness (QED) is 0.598. The number of likely N-dealkylation sites (tertiary alicyclic amines) is 1. The number of carbonyl (C=O) groups is 1. The molecule has 1 fully saturated rings. The zero-order valence-electron chi connectivity index (χ0n) is 7.17. The van der Waals surface area contributed by atoms with Crippen molar-refractivity contribution in [3.63, 3.8) is 0 Å². The van der Waals surface area contributed by atoms with E-state index in [9.17, 15) is 4.79 Å². The van der Waals surface area contributed by atoms with Crippen molar-refractivity contribution in [3.05, 3.63) is 0 Å². The molecule has 0 radical (unpaired) electrons. The molecule has 1 amide bonds. The van der Waals surface area contributed by atoms with Gasteiger partial charge in [-0.25, -0.2) is 0 Å². The normalized spacial score (nSPS) is 25.8. The fourth-order valence-corrected chi connectivity index (χ4v) is 1.35. The molecular weight excluding hydrogens is 142 g/mol. The van der Waals surface area contributed by atoms with Gasteiger partial charge in [0.2, 0.25) is 5.91 Å². The van der Waals surface area contributed by atoms with Gasteiger partial charge in [0.05, 0.1) is 0 Å². The number of carbonyl (C=O) groups excluding carboxylic acids is 1. The predicted octanol–water partition coefficient (Wildman–Crippen LogP) is 0.991. The van der Waals surface area contributed by atoms with Gasteiger partial charge in [0, 0.05) is 20.1 Å². The van der Waals surface area contributed by atoms with Crippen LogP contribution in [0.1, 0.15) is 26.2 Å². The van der Waals surface area contributed by atoms with Crippen LogP contribution in [0.15, 0.2) is 0 Å². The molecule has 1 saturated heterocycles. The number of nitrogens with zero attached hydrogens (tertiary/aromatic N) is 1. The molecule has 3 nitrogen and oxygen atoms in total. The Kier molecular flexibility index (Phi) is 2.88. The maximum atomic E-state index is 11.1. The third-order valence-corrected chi connectivity index (χ3v) is 2.03. The molecule has 64 valence electrons. The molecule has 0 bridgehead atoms. The fourth-order valence-electron chi connectivity index (χ4n) is 1.35. The van der Waals surface area contributed by atoms with E-state index in [1.807, 2.05) is 14.0 Å². The van der Waals surface area contributed by atoms with Crippen LogP contribution in [-0.4, -0.2) is 30.7 Å². The summed E-state index contributed by atoms with van der Waals surface area (Å²) in [7, 11) is 1.81. The van der Waals surface area contributed by atoms with Crippen LogP contribution in [0.3, 0.4) is 0 Å². The minimum atomic E-state index is 0.0289. The topological polar surface area (TPSA) is 29.5 Å². The number of amides is 1. The second-order valence-corrected chi connectivity index (χ2v) is 2.81. The van der Waals surface area contributed by atoms with Gasteiger partial charge in [-0.3, -0.25) is 4.79 Å². The number of piperidine rings is 1. The van der Waals surface area contributed by atoms with Gasteiger partial charge in [0.1, 0.15) is 6.23 Å². The summed E-state index contributed by atoms with van der Waals surface area (Å²) < 4.78 is 5.37. The summed E-state index contributed by atoms with van der Waals surface area (Å²) in [5.74, 6) is 0.203. The summed E-state index contributed by atoms with van der Waals surface area (Å²) in [5, 5.41) is 0. The van der Waals surface area contributed by atoms with E-state index in [0.29, 0.717) is 13.0 Å². The first kappa shape index (κ1) is 8.53. The summed E-state index contributed by atoms with van der Waals surface area (Å²) in [5.41, 5.74) is 0. The summed E-state index contributed by atoms with van der Waals surface area (Å²) in [6.07, 6.45) is 2.66. The standard InChI is InChI=1S/C8H15NO2/c1-3-11-8-6-4-5-7(10)9(8)2/h8H,3-6H2,1-2H3. The van der Waals surface area contributed by atoms with E-state index in [4.69, 9.17) is 4.74 Å². The maximum Gasteiger partial charge on any atom is 0.224 e. The highest BCUT2D eigenvalue weighted by molar-refractivity contribution is 5.76. The van der Waals surface area contributed by atoms with Crippen LogP contribution < -0.4 is 0 Å². The lowest BCUT2D eigenvalue weighted by molar-refractivity contribution is -0.149. The Labute approximate surface area is 67.3 Å². The zero-order valence-corrected chi connectivity index (χ0v) is 7.17. The first-order valence-electron chi connectivity index (χ1n) is 4.13. The second kappa shape index (κ2) is 3.72. The molecule has 1 atom stereocenters. The molecule has 0 saturated carbocycles. The molecule has 0 aliphatic carbocycles. The first-order valence-corrected chi connectivity index (χ1v) is 4.13. The molecule has 1 heterocycles. The zero-order chi connectivity index (χ0) is 8.27. The molecule has 3 heteroatoms. The van der Waals surface area contributed by atoms with E-state index in [-0.39, 0.29) is 12.1 Å². The van der Waals surface area contributed by atoms with Gasteiger partial charge in [0.25, 0.3) is 0 Å². The average molecular weight is 157 g/mol. The third kappa shape index (κ3) is 1.93. The average Bonchev–Trinajstić information content (AvgIpc) is 1.99. The highest BCUT2D eigenvalue weighted by atomic mass is 16.5. The molecule has 1 aliphatic rings. The number of ether oxygens (including phenoxy) is 1. The lowest BCUT2D eigenvalue weighted by atomic mass is 10.1. The van der Waals surface area contributed by atoms with Crippen molar-refractivity contribution < 1.29 is 9.53 Å². The number of hydrogen-bond donors (Lipinski definition) is 0. The molecule has 0 aromatic carbocycles. The minimum absolute atomic E-state index is 0.0289. The Morgan fingerprint density at radius 1 is 1.73 bits per heavy atom. The van der Waals surface area contributed by atoms with Crippen LogP contribution in [0, 0.1) is 0 Å². The molecule has 0 aromatic heterocycles. The van der Waals surface area contributed by atoms with Crippen molar-refractivity contribution in [3.8, 4) is 0 Å². The Balaban J connectivity index is 2.44. The third-order valence-electron chi connectivity index (χ3n) is 2.03. The largest absolute Gasteiger partial charge is 0.359 e. The van der Waals surface area contributed by atoms with Crippen molar-refractivity contribution >= 4 is 5.91 Å². The van der Waals surface area contributed by atoms with Gasteiger partial charge in [0.15, 0.2) is 0 Å². The Bertz CT molecular complexity index is 145. The Hall–Kier alpha value is -0.570. The molecule has 1 unspecified atom stereocenters. The summed E-state index contributed by atoms with van der Waals surface area (Å²) in [4.78, 5) is 12.8. The van der Waals surface area contributed by atoms with Crippen LogP contribution in [0.2, 0.25) is 0 Å². The summed E-state index contributed by atoms with van der Waals surface area (Å²) >= 11 is 0. The van der Waals surface area contributed by atoms with E-state index >= 15 is 0 Å². The van der Waals surface area contributed by atoms with Crippen molar-refractivity contribution in [1.29, 1.82) is 0 Å². The van der Waals surface area contributed by atoms with Crippen LogP contribution >= 0.6 is 0 Å². The SMILES string of the molecule is CCOC1CCCC(=O)N1C. The lowest BCUT2D eigenvalue weighted by Crippen LogP contribution is -2.42. The molecule has 0 aromatic rings.